The molecule has 0 fully saturated rings. The van der Waals surface area contributed by atoms with Crippen molar-refractivity contribution in [2.24, 2.45) is 0 Å². The number of aliphatic hydroxyl groups excluding tert-OH is 1. The van der Waals surface area contributed by atoms with Crippen molar-refractivity contribution in [3.8, 4) is 11.8 Å². The molecule has 0 aliphatic carbocycles. The smallest absolute Gasteiger partial charge is 0.242 e. The van der Waals surface area contributed by atoms with Crippen molar-refractivity contribution in [3.05, 3.63) is 46.2 Å². The third-order valence-electron chi connectivity index (χ3n) is 2.46. The lowest BCUT2D eigenvalue weighted by Crippen LogP contribution is -2.23. The molecule has 2 aromatic rings. The van der Waals surface area contributed by atoms with E-state index in [1.54, 1.807) is 11.4 Å². The first-order chi connectivity index (χ1) is 10.0. The fourth-order valence-electron chi connectivity index (χ4n) is 1.51. The Labute approximate surface area is 125 Å². The number of nitrogens with one attached hydrogen (secondary N) is 1. The van der Waals surface area contributed by atoms with Crippen LogP contribution in [0.1, 0.15) is 10.4 Å². The highest BCUT2D eigenvalue weighted by atomic mass is 32.2. The third-order valence-corrected chi connectivity index (χ3v) is 4.75. The van der Waals surface area contributed by atoms with Gasteiger partial charge in [-0.2, -0.15) is 0 Å². The molecule has 5 nitrogen and oxygen atoms in total. The number of hydrogen-bond acceptors (Lipinski definition) is 5. The fourth-order valence-corrected chi connectivity index (χ4v) is 3.34. The molecule has 0 aliphatic heterocycles. The third kappa shape index (κ3) is 4.09. The molecule has 21 heavy (non-hydrogen) atoms. The normalized spacial score (nSPS) is 11.0. The number of pyridine rings is 1. The van der Waals surface area contributed by atoms with Gasteiger partial charge in [-0.1, -0.05) is 11.8 Å². The highest BCUT2D eigenvalue weighted by Gasteiger charge is 2.16. The quantitative estimate of drug-likeness (QED) is 0.825. The standard InChI is InChI=1S/C13H11FN2O3S2/c14-11-6-12(8-15-7-11)21(18,19)16-9-13-10(2-1-4-17)3-5-20-13/h3,5-8,16-17H,4,9H2. The molecule has 8 heteroatoms. The second-order valence-electron chi connectivity index (χ2n) is 3.88. The molecule has 2 rings (SSSR count). The molecule has 2 heterocycles. The fraction of sp³-hybridized carbons (Fsp3) is 0.154. The van der Waals surface area contributed by atoms with Crippen LogP contribution in [0.5, 0.6) is 0 Å². The van der Waals surface area contributed by atoms with Crippen molar-refractivity contribution >= 4 is 21.4 Å². The van der Waals surface area contributed by atoms with Crippen LogP contribution in [0.4, 0.5) is 4.39 Å². The highest BCUT2D eigenvalue weighted by Crippen LogP contribution is 2.17. The maximum absolute atomic E-state index is 13.0. The first kappa shape index (κ1) is 15.6. The van der Waals surface area contributed by atoms with Gasteiger partial charge in [-0.05, 0) is 17.5 Å². The van der Waals surface area contributed by atoms with E-state index in [9.17, 15) is 12.8 Å². The molecule has 0 aliphatic rings. The zero-order valence-corrected chi connectivity index (χ0v) is 12.3. The van der Waals surface area contributed by atoms with Crippen LogP contribution in [0.25, 0.3) is 0 Å². The van der Waals surface area contributed by atoms with Gasteiger partial charge in [0, 0.05) is 23.2 Å². The Bertz CT molecular complexity index is 791. The van der Waals surface area contributed by atoms with Crippen LogP contribution in [-0.2, 0) is 16.6 Å². The Balaban J connectivity index is 2.14. The van der Waals surface area contributed by atoms with Gasteiger partial charge in [0.1, 0.15) is 17.3 Å². The summed E-state index contributed by atoms with van der Waals surface area (Å²) in [5.74, 6) is 4.52. The number of thiophene rings is 1. The summed E-state index contributed by atoms with van der Waals surface area (Å²) in [6.07, 6.45) is 2.01. The lowest BCUT2D eigenvalue weighted by Gasteiger charge is -2.05. The molecule has 0 aromatic carbocycles. The second-order valence-corrected chi connectivity index (χ2v) is 6.65. The van der Waals surface area contributed by atoms with Gasteiger partial charge in [-0.3, -0.25) is 4.98 Å². The molecule has 0 saturated carbocycles. The molecule has 0 atom stereocenters. The van der Waals surface area contributed by atoms with Crippen LogP contribution >= 0.6 is 11.3 Å². The van der Waals surface area contributed by atoms with Crippen LogP contribution in [0, 0.1) is 17.7 Å². The summed E-state index contributed by atoms with van der Waals surface area (Å²) in [5.41, 5.74) is 0.647. The molecule has 110 valence electrons. The average Bonchev–Trinajstić information content (AvgIpc) is 2.90. The zero-order valence-electron chi connectivity index (χ0n) is 10.7. The molecular formula is C13H11FN2O3S2. The van der Waals surface area contributed by atoms with Gasteiger partial charge in [0.05, 0.1) is 6.20 Å². The second kappa shape index (κ2) is 6.78. The summed E-state index contributed by atoms with van der Waals surface area (Å²) in [5, 5.41) is 10.4. The first-order valence-electron chi connectivity index (χ1n) is 5.79. The Hall–Kier alpha value is -1.79. The largest absolute Gasteiger partial charge is 0.384 e. The van der Waals surface area contributed by atoms with Crippen molar-refractivity contribution in [1.82, 2.24) is 9.71 Å². The van der Waals surface area contributed by atoms with Crippen LogP contribution in [-0.4, -0.2) is 25.1 Å². The average molecular weight is 326 g/mol. The first-order valence-corrected chi connectivity index (χ1v) is 8.15. The summed E-state index contributed by atoms with van der Waals surface area (Å²) >= 11 is 1.34. The molecule has 0 amide bonds. The molecular weight excluding hydrogens is 315 g/mol. The summed E-state index contributed by atoms with van der Waals surface area (Å²) in [4.78, 5) is 3.99. The molecule has 0 unspecified atom stereocenters. The maximum Gasteiger partial charge on any atom is 0.242 e. The van der Waals surface area contributed by atoms with Gasteiger partial charge in [0.15, 0.2) is 0 Å². The SMILES string of the molecule is O=S(=O)(NCc1sccc1C#CCO)c1cncc(F)c1. The molecule has 2 aromatic heterocycles. The number of aliphatic hydroxyl groups is 1. The van der Waals surface area contributed by atoms with Gasteiger partial charge in [-0.25, -0.2) is 17.5 Å². The number of halogens is 1. The molecule has 0 spiro atoms. The van der Waals surface area contributed by atoms with Gasteiger partial charge in [-0.15, -0.1) is 11.3 Å². The van der Waals surface area contributed by atoms with E-state index < -0.39 is 15.8 Å². The molecule has 2 N–H and O–H groups in total. The number of aromatic nitrogens is 1. The molecule has 0 bridgehead atoms. The maximum atomic E-state index is 13.0. The number of hydrogen-bond donors (Lipinski definition) is 2. The minimum absolute atomic E-state index is 0.0337. The van der Waals surface area contributed by atoms with Crippen molar-refractivity contribution < 1.29 is 17.9 Å². The van der Waals surface area contributed by atoms with E-state index in [0.717, 1.165) is 18.5 Å². The van der Waals surface area contributed by atoms with Gasteiger partial charge in [0.2, 0.25) is 10.0 Å². The van der Waals surface area contributed by atoms with Gasteiger partial charge < -0.3 is 5.11 Å². The summed E-state index contributed by atoms with van der Waals surface area (Å²) < 4.78 is 39.4. The minimum atomic E-state index is -3.84. The van der Waals surface area contributed by atoms with Crippen LogP contribution < -0.4 is 4.72 Å². The van der Waals surface area contributed by atoms with E-state index in [4.69, 9.17) is 5.11 Å². The van der Waals surface area contributed by atoms with Gasteiger partial charge >= 0.3 is 0 Å². The van der Waals surface area contributed by atoms with E-state index in [-0.39, 0.29) is 18.0 Å². The molecule has 0 saturated heterocycles. The van der Waals surface area contributed by atoms with Crippen molar-refractivity contribution in [3.63, 3.8) is 0 Å². The predicted molar refractivity (Wildman–Crippen MR) is 76.5 cm³/mol. The van der Waals surface area contributed by atoms with Crippen molar-refractivity contribution in [1.29, 1.82) is 0 Å². The van der Waals surface area contributed by atoms with Crippen LogP contribution in [0.2, 0.25) is 0 Å². The van der Waals surface area contributed by atoms with Crippen molar-refractivity contribution in [2.75, 3.05) is 6.61 Å². The van der Waals surface area contributed by atoms with E-state index in [1.165, 1.54) is 11.3 Å². The highest BCUT2D eigenvalue weighted by molar-refractivity contribution is 7.89. The minimum Gasteiger partial charge on any atom is -0.384 e. The predicted octanol–water partition coefficient (Wildman–Crippen LogP) is 1.10. The lowest BCUT2D eigenvalue weighted by molar-refractivity contribution is 0.350. The van der Waals surface area contributed by atoms with E-state index >= 15 is 0 Å². The van der Waals surface area contributed by atoms with Crippen LogP contribution in [0.15, 0.2) is 34.8 Å². The Kier molecular flexibility index (Phi) is 5.03. The lowest BCUT2D eigenvalue weighted by atomic mass is 10.2. The van der Waals surface area contributed by atoms with E-state index in [0.29, 0.717) is 10.4 Å². The van der Waals surface area contributed by atoms with Crippen LogP contribution in [0.3, 0.4) is 0 Å². The number of nitrogens with zero attached hydrogens (tertiary/aromatic N) is 1. The Morgan fingerprint density at radius 2 is 2.24 bits per heavy atom. The summed E-state index contributed by atoms with van der Waals surface area (Å²) in [6, 6.07) is 2.64. The zero-order chi connectivity index (χ0) is 15.3. The number of rotatable bonds is 4. The summed E-state index contributed by atoms with van der Waals surface area (Å²) in [7, 11) is -3.84. The topological polar surface area (TPSA) is 79.3 Å². The summed E-state index contributed by atoms with van der Waals surface area (Å²) in [6.45, 7) is -0.234. The van der Waals surface area contributed by atoms with Crippen molar-refractivity contribution in [2.45, 2.75) is 11.4 Å². The molecule has 0 radical (unpaired) electrons. The number of sulfonamides is 1. The monoisotopic (exact) mass is 326 g/mol. The van der Waals surface area contributed by atoms with E-state index in [2.05, 4.69) is 21.5 Å². The van der Waals surface area contributed by atoms with Gasteiger partial charge in [0.25, 0.3) is 0 Å². The Morgan fingerprint density at radius 3 is 2.95 bits per heavy atom. The van der Waals surface area contributed by atoms with E-state index in [1.807, 2.05) is 0 Å². The Morgan fingerprint density at radius 1 is 1.43 bits per heavy atom.